The first-order chi connectivity index (χ1) is 15.0. The summed E-state index contributed by atoms with van der Waals surface area (Å²) in [6.45, 7) is 5.07. The Labute approximate surface area is 188 Å². The van der Waals surface area contributed by atoms with Gasteiger partial charge < -0.3 is 14.6 Å². The van der Waals surface area contributed by atoms with Gasteiger partial charge in [-0.3, -0.25) is 4.79 Å². The molecule has 0 aliphatic carbocycles. The van der Waals surface area contributed by atoms with E-state index < -0.39 is 0 Å². The topological polar surface area (TPSA) is 111 Å². The standard InChI is InChI=1S/C21H22BrN7O2/c1-13-14(2)28(11-17-4-3-9-31-17)21(18(13)10-23)24-19(30)12-29-26-20(25-27-29)15-5-7-16(22)8-6-15/h5-8,17H,3-4,9,11-12H2,1-2H3,(H,24,30)/t17-/m0/s1. The highest BCUT2D eigenvalue weighted by atomic mass is 79.9. The molecule has 0 saturated carbocycles. The number of halogens is 1. The lowest BCUT2D eigenvalue weighted by atomic mass is 10.2. The summed E-state index contributed by atoms with van der Waals surface area (Å²) >= 11 is 3.39. The summed E-state index contributed by atoms with van der Waals surface area (Å²) in [6.07, 6.45) is 2.07. The molecule has 2 aromatic heterocycles. The number of nitrogens with zero attached hydrogens (tertiary/aromatic N) is 6. The lowest BCUT2D eigenvalue weighted by molar-refractivity contribution is -0.117. The quantitative estimate of drug-likeness (QED) is 0.576. The Morgan fingerprint density at radius 1 is 1.35 bits per heavy atom. The molecule has 3 aromatic rings. The fourth-order valence-corrected chi connectivity index (χ4v) is 3.94. The average molecular weight is 484 g/mol. The van der Waals surface area contributed by atoms with E-state index in [4.69, 9.17) is 4.74 Å². The minimum atomic E-state index is -0.331. The van der Waals surface area contributed by atoms with E-state index in [1.54, 1.807) is 0 Å². The number of ether oxygens (including phenoxy) is 1. The summed E-state index contributed by atoms with van der Waals surface area (Å²) in [5, 5.41) is 24.8. The van der Waals surface area contributed by atoms with Gasteiger partial charge in [0.05, 0.1) is 18.2 Å². The molecule has 3 heterocycles. The number of tetrazole rings is 1. The molecule has 1 aromatic carbocycles. The monoisotopic (exact) mass is 483 g/mol. The Morgan fingerprint density at radius 2 is 2.13 bits per heavy atom. The summed E-state index contributed by atoms with van der Waals surface area (Å²) in [6, 6.07) is 9.73. The largest absolute Gasteiger partial charge is 0.376 e. The van der Waals surface area contributed by atoms with Crippen LogP contribution in [0.25, 0.3) is 11.4 Å². The van der Waals surface area contributed by atoms with Crippen LogP contribution in [-0.4, -0.2) is 43.4 Å². The summed E-state index contributed by atoms with van der Waals surface area (Å²) in [4.78, 5) is 14.0. The number of hydrogen-bond donors (Lipinski definition) is 1. The normalized spacial score (nSPS) is 15.7. The first-order valence-corrected chi connectivity index (χ1v) is 10.8. The van der Waals surface area contributed by atoms with Crippen LogP contribution in [0.4, 0.5) is 5.82 Å². The first-order valence-electron chi connectivity index (χ1n) is 10.0. The van der Waals surface area contributed by atoms with Crippen molar-refractivity contribution < 1.29 is 9.53 Å². The van der Waals surface area contributed by atoms with E-state index in [0.29, 0.717) is 23.8 Å². The predicted molar refractivity (Wildman–Crippen MR) is 117 cm³/mol. The third kappa shape index (κ3) is 4.52. The molecule has 10 heteroatoms. The molecule has 1 aliphatic heterocycles. The Balaban J connectivity index is 1.51. The van der Waals surface area contributed by atoms with Crippen LogP contribution in [0.5, 0.6) is 0 Å². The molecule has 160 valence electrons. The molecule has 1 atom stereocenters. The number of carbonyl (C=O) groups is 1. The highest BCUT2D eigenvalue weighted by molar-refractivity contribution is 9.10. The second-order valence-electron chi connectivity index (χ2n) is 7.49. The van der Waals surface area contributed by atoms with Crippen LogP contribution in [0.15, 0.2) is 28.7 Å². The van der Waals surface area contributed by atoms with Crippen LogP contribution in [-0.2, 0) is 22.6 Å². The zero-order chi connectivity index (χ0) is 22.0. The summed E-state index contributed by atoms with van der Waals surface area (Å²) in [5.74, 6) is 0.597. The van der Waals surface area contributed by atoms with Crippen molar-refractivity contribution in [2.45, 2.75) is 45.9 Å². The molecule has 0 unspecified atom stereocenters. The molecule has 31 heavy (non-hydrogen) atoms. The fraction of sp³-hybridized carbons (Fsp3) is 0.381. The Hall–Kier alpha value is -3.03. The molecule has 1 aliphatic rings. The molecule has 0 radical (unpaired) electrons. The predicted octanol–water partition coefficient (Wildman–Crippen LogP) is 3.21. The molecule has 0 spiro atoms. The van der Waals surface area contributed by atoms with Crippen molar-refractivity contribution in [3.8, 4) is 17.5 Å². The van der Waals surface area contributed by atoms with E-state index in [1.165, 1.54) is 4.80 Å². The van der Waals surface area contributed by atoms with Gasteiger partial charge >= 0.3 is 0 Å². The molecule has 1 N–H and O–H groups in total. The van der Waals surface area contributed by atoms with Crippen molar-refractivity contribution in [1.29, 1.82) is 5.26 Å². The van der Waals surface area contributed by atoms with Crippen LogP contribution < -0.4 is 5.32 Å². The van der Waals surface area contributed by atoms with E-state index in [2.05, 4.69) is 42.7 Å². The van der Waals surface area contributed by atoms with Crippen molar-refractivity contribution in [2.75, 3.05) is 11.9 Å². The molecular formula is C21H22BrN7O2. The number of nitrogens with one attached hydrogen (secondary N) is 1. The van der Waals surface area contributed by atoms with Gasteiger partial charge in [0.15, 0.2) is 0 Å². The Morgan fingerprint density at radius 3 is 2.81 bits per heavy atom. The number of amides is 1. The molecule has 1 amide bonds. The van der Waals surface area contributed by atoms with Crippen LogP contribution in [0.1, 0.15) is 29.7 Å². The number of aromatic nitrogens is 5. The van der Waals surface area contributed by atoms with Crippen molar-refractivity contribution in [3.63, 3.8) is 0 Å². The average Bonchev–Trinajstić information content (AvgIpc) is 3.47. The summed E-state index contributed by atoms with van der Waals surface area (Å²) < 4.78 is 8.66. The second-order valence-corrected chi connectivity index (χ2v) is 8.41. The second kappa shape index (κ2) is 8.99. The molecule has 0 bridgehead atoms. The van der Waals surface area contributed by atoms with E-state index in [-0.39, 0.29) is 18.6 Å². The third-order valence-corrected chi connectivity index (χ3v) is 5.98. The SMILES string of the molecule is Cc1c(C#N)c(NC(=O)Cn2nnc(-c3ccc(Br)cc3)n2)n(C[C@@H]2CCCO2)c1C. The van der Waals surface area contributed by atoms with Gasteiger partial charge in [-0.1, -0.05) is 15.9 Å². The van der Waals surface area contributed by atoms with Gasteiger partial charge in [0.2, 0.25) is 11.7 Å². The van der Waals surface area contributed by atoms with E-state index >= 15 is 0 Å². The number of hydrogen-bond acceptors (Lipinski definition) is 6. The van der Waals surface area contributed by atoms with Gasteiger partial charge in [0.1, 0.15) is 18.4 Å². The van der Waals surface area contributed by atoms with Crippen molar-refractivity contribution in [3.05, 3.63) is 45.6 Å². The number of anilines is 1. The van der Waals surface area contributed by atoms with Gasteiger partial charge in [-0.2, -0.15) is 10.1 Å². The van der Waals surface area contributed by atoms with Gasteiger partial charge in [-0.25, -0.2) is 0 Å². The smallest absolute Gasteiger partial charge is 0.249 e. The Kier molecular flexibility index (Phi) is 6.15. The van der Waals surface area contributed by atoms with Crippen LogP contribution in [0, 0.1) is 25.2 Å². The first kappa shape index (κ1) is 21.2. The maximum Gasteiger partial charge on any atom is 0.249 e. The van der Waals surface area contributed by atoms with E-state index in [9.17, 15) is 10.1 Å². The van der Waals surface area contributed by atoms with Gasteiger partial charge in [0, 0.05) is 22.3 Å². The number of rotatable bonds is 6. The van der Waals surface area contributed by atoms with E-state index in [0.717, 1.165) is 40.7 Å². The molecule has 4 rings (SSSR count). The maximum absolute atomic E-state index is 12.8. The lowest BCUT2D eigenvalue weighted by Gasteiger charge is -2.16. The highest BCUT2D eigenvalue weighted by Crippen LogP contribution is 2.28. The zero-order valence-electron chi connectivity index (χ0n) is 17.3. The minimum absolute atomic E-state index is 0.0816. The van der Waals surface area contributed by atoms with E-state index in [1.807, 2.05) is 42.7 Å². The number of nitriles is 1. The van der Waals surface area contributed by atoms with Gasteiger partial charge in [0.25, 0.3) is 0 Å². The molecule has 1 fully saturated rings. The number of benzene rings is 1. The van der Waals surface area contributed by atoms with Crippen molar-refractivity contribution in [2.24, 2.45) is 0 Å². The summed E-state index contributed by atoms with van der Waals surface area (Å²) in [5.41, 5.74) is 3.07. The van der Waals surface area contributed by atoms with Gasteiger partial charge in [-0.15, -0.1) is 10.2 Å². The molecule has 1 saturated heterocycles. The van der Waals surface area contributed by atoms with Crippen LogP contribution in [0.3, 0.4) is 0 Å². The zero-order valence-corrected chi connectivity index (χ0v) is 18.9. The van der Waals surface area contributed by atoms with Crippen LogP contribution in [0.2, 0.25) is 0 Å². The minimum Gasteiger partial charge on any atom is -0.376 e. The highest BCUT2D eigenvalue weighted by Gasteiger charge is 2.24. The van der Waals surface area contributed by atoms with Crippen molar-refractivity contribution in [1.82, 2.24) is 24.8 Å². The molecule has 9 nitrogen and oxygen atoms in total. The third-order valence-electron chi connectivity index (χ3n) is 5.45. The Bertz CT molecular complexity index is 1140. The fourth-order valence-electron chi connectivity index (χ4n) is 3.68. The van der Waals surface area contributed by atoms with Crippen molar-refractivity contribution >= 4 is 27.7 Å². The van der Waals surface area contributed by atoms with Gasteiger partial charge in [-0.05, 0) is 61.7 Å². The lowest BCUT2D eigenvalue weighted by Crippen LogP contribution is -2.24. The maximum atomic E-state index is 12.8. The van der Waals surface area contributed by atoms with Crippen LogP contribution >= 0.6 is 15.9 Å². The number of carbonyl (C=O) groups excluding carboxylic acids is 1. The summed E-state index contributed by atoms with van der Waals surface area (Å²) in [7, 11) is 0. The molecular weight excluding hydrogens is 462 g/mol.